The maximum atomic E-state index is 11.2. The first-order valence-electron chi connectivity index (χ1n) is 5.31. The van der Waals surface area contributed by atoms with E-state index in [1.54, 1.807) is 25.2 Å². The number of aryl methyl sites for hydroxylation is 1. The minimum absolute atomic E-state index is 0.129. The van der Waals surface area contributed by atoms with Gasteiger partial charge in [0, 0.05) is 7.05 Å². The second-order valence-corrected chi connectivity index (χ2v) is 4.64. The van der Waals surface area contributed by atoms with Gasteiger partial charge in [0.2, 0.25) is 0 Å². The number of aromatic amines is 1. The molecule has 0 radical (unpaired) electrons. The van der Waals surface area contributed by atoms with Gasteiger partial charge < -0.3 is 10.9 Å². The van der Waals surface area contributed by atoms with Gasteiger partial charge in [0.15, 0.2) is 11.0 Å². The van der Waals surface area contributed by atoms with Gasteiger partial charge in [0.25, 0.3) is 0 Å². The molecular weight excluding hydrogens is 284 g/mol. The second kappa shape index (κ2) is 5.57. The van der Waals surface area contributed by atoms with Crippen molar-refractivity contribution in [3.63, 3.8) is 0 Å². The van der Waals surface area contributed by atoms with Gasteiger partial charge in [0.05, 0.1) is 0 Å². The zero-order valence-corrected chi connectivity index (χ0v) is 11.1. The lowest BCUT2D eigenvalue weighted by atomic mass is 10.3. The van der Waals surface area contributed by atoms with Crippen LogP contribution in [0.15, 0.2) is 43.1 Å². The molecule has 2 aromatic rings. The number of rotatable bonds is 3. The minimum Gasteiger partial charge on any atom is -0.409 e. The van der Waals surface area contributed by atoms with E-state index in [1.165, 1.54) is 4.68 Å². The van der Waals surface area contributed by atoms with E-state index in [4.69, 9.17) is 10.9 Å². The second-order valence-electron chi connectivity index (χ2n) is 3.65. The average molecular weight is 294 g/mol. The van der Waals surface area contributed by atoms with E-state index in [0.29, 0.717) is 5.03 Å². The summed E-state index contributed by atoms with van der Waals surface area (Å²) < 4.78 is 1.31. The molecule has 0 atom stereocenters. The van der Waals surface area contributed by atoms with Gasteiger partial charge in [-0.3, -0.25) is 19.4 Å². The van der Waals surface area contributed by atoms with Crippen LogP contribution < -0.4 is 16.9 Å². The van der Waals surface area contributed by atoms with Gasteiger partial charge in [0.1, 0.15) is 10.7 Å². The molecule has 0 bridgehead atoms. The van der Waals surface area contributed by atoms with Crippen LogP contribution in [0.1, 0.15) is 5.69 Å². The normalized spacial score (nSPS) is 11.6. The third-order valence-electron chi connectivity index (χ3n) is 2.24. The fourth-order valence-corrected chi connectivity index (χ4v) is 2.10. The molecule has 0 unspecified atom stereocenters. The number of nitrogens with zero attached hydrogens (tertiary/aromatic N) is 4. The molecule has 4 N–H and O–H groups in total. The predicted octanol–water partition coefficient (Wildman–Crippen LogP) is -0.891. The Morgan fingerprint density at radius 3 is 2.90 bits per heavy atom. The smallest absolute Gasteiger partial charge is 0.339 e. The first kappa shape index (κ1) is 13.8. The van der Waals surface area contributed by atoms with E-state index in [9.17, 15) is 9.59 Å². The number of nitrogens with one attached hydrogen (secondary N) is 1. The number of nitrogens with two attached hydrogens (primary N) is 1. The van der Waals surface area contributed by atoms with E-state index < -0.39 is 11.1 Å². The Hall–Kier alpha value is -2.62. The predicted molar refractivity (Wildman–Crippen MR) is 71.0 cm³/mol. The van der Waals surface area contributed by atoms with Crippen molar-refractivity contribution < 1.29 is 5.21 Å². The number of hydrogen-bond acceptors (Lipinski definition) is 7. The molecule has 2 heterocycles. The summed E-state index contributed by atoms with van der Waals surface area (Å²) in [6.07, 6.45) is 0. The standard InChI is InChI=1S/C10H10N6O3S/c1-16-10(13-8(17)9(18)14-16)20-6-4-2-3-5(12-6)7(11)15-19/h2-4,19H,1H3,(H2,11,15)(H,14,18). The van der Waals surface area contributed by atoms with E-state index in [-0.39, 0.29) is 16.7 Å². The highest BCUT2D eigenvalue weighted by Crippen LogP contribution is 2.22. The third-order valence-corrected chi connectivity index (χ3v) is 3.22. The van der Waals surface area contributed by atoms with Crippen molar-refractivity contribution in [3.8, 4) is 0 Å². The Labute approximate surface area is 116 Å². The number of pyridine rings is 1. The van der Waals surface area contributed by atoms with Crippen LogP contribution in [0.2, 0.25) is 0 Å². The Morgan fingerprint density at radius 1 is 1.45 bits per heavy atom. The molecule has 0 aliphatic rings. The van der Waals surface area contributed by atoms with Crippen LogP contribution in [-0.2, 0) is 7.05 Å². The van der Waals surface area contributed by atoms with Gasteiger partial charge in [-0.15, -0.1) is 0 Å². The van der Waals surface area contributed by atoms with Crippen LogP contribution in [0, 0.1) is 0 Å². The average Bonchev–Trinajstić information content (AvgIpc) is 2.44. The molecule has 0 fully saturated rings. The van der Waals surface area contributed by atoms with Crippen molar-refractivity contribution in [1.82, 2.24) is 19.7 Å². The first-order chi connectivity index (χ1) is 9.51. The van der Waals surface area contributed by atoms with Crippen molar-refractivity contribution >= 4 is 17.6 Å². The summed E-state index contributed by atoms with van der Waals surface area (Å²) in [4.78, 5) is 30.1. The van der Waals surface area contributed by atoms with E-state index in [1.807, 2.05) is 0 Å². The van der Waals surface area contributed by atoms with Crippen molar-refractivity contribution in [1.29, 1.82) is 0 Å². The number of H-pyrrole nitrogens is 1. The minimum atomic E-state index is -0.877. The van der Waals surface area contributed by atoms with Crippen molar-refractivity contribution in [3.05, 3.63) is 44.6 Å². The van der Waals surface area contributed by atoms with E-state index in [0.717, 1.165) is 11.8 Å². The maximum absolute atomic E-state index is 11.2. The van der Waals surface area contributed by atoms with Gasteiger partial charge in [-0.25, -0.2) is 4.98 Å². The first-order valence-corrected chi connectivity index (χ1v) is 6.13. The van der Waals surface area contributed by atoms with Crippen LogP contribution in [-0.4, -0.2) is 30.8 Å². The van der Waals surface area contributed by atoms with E-state index in [2.05, 4.69) is 20.2 Å². The lowest BCUT2D eigenvalue weighted by Crippen LogP contribution is -2.33. The molecule has 0 saturated carbocycles. The number of hydrogen-bond donors (Lipinski definition) is 3. The molecule has 0 saturated heterocycles. The van der Waals surface area contributed by atoms with Crippen LogP contribution in [0.4, 0.5) is 0 Å². The summed E-state index contributed by atoms with van der Waals surface area (Å²) in [7, 11) is 1.55. The third kappa shape index (κ3) is 2.85. The molecule has 9 nitrogen and oxygen atoms in total. The molecule has 2 aromatic heterocycles. The summed E-state index contributed by atoms with van der Waals surface area (Å²) in [6.45, 7) is 0. The van der Waals surface area contributed by atoms with Crippen LogP contribution in [0.3, 0.4) is 0 Å². The van der Waals surface area contributed by atoms with E-state index >= 15 is 0 Å². The molecule has 104 valence electrons. The zero-order chi connectivity index (χ0) is 14.7. The molecule has 2 rings (SSSR count). The molecule has 0 aliphatic heterocycles. The molecule has 0 aromatic carbocycles. The molecule has 0 spiro atoms. The SMILES string of the molecule is Cn1[nH]c(=O)c(=O)nc1Sc1cccc(/C(N)=N/O)n1. The highest BCUT2D eigenvalue weighted by molar-refractivity contribution is 7.99. The lowest BCUT2D eigenvalue weighted by Gasteiger charge is -2.06. The number of oxime groups is 1. The lowest BCUT2D eigenvalue weighted by molar-refractivity contribution is 0.318. The Bertz CT molecular complexity index is 781. The Kier molecular flexibility index (Phi) is 3.84. The Balaban J connectivity index is 2.38. The topological polar surface area (TPSA) is 139 Å². The van der Waals surface area contributed by atoms with Crippen LogP contribution >= 0.6 is 11.8 Å². The van der Waals surface area contributed by atoms with Crippen molar-refractivity contribution in [2.75, 3.05) is 0 Å². The highest BCUT2D eigenvalue weighted by Gasteiger charge is 2.08. The highest BCUT2D eigenvalue weighted by atomic mass is 32.2. The fourth-order valence-electron chi connectivity index (χ4n) is 1.31. The molecular formula is C10H10N6O3S. The summed E-state index contributed by atoms with van der Waals surface area (Å²) >= 11 is 1.06. The summed E-state index contributed by atoms with van der Waals surface area (Å²) in [5.74, 6) is -0.129. The molecule has 0 amide bonds. The van der Waals surface area contributed by atoms with Crippen LogP contribution in [0.5, 0.6) is 0 Å². The van der Waals surface area contributed by atoms with Crippen LogP contribution in [0.25, 0.3) is 0 Å². The fraction of sp³-hybridized carbons (Fsp3) is 0.100. The monoisotopic (exact) mass is 294 g/mol. The summed E-state index contributed by atoms with van der Waals surface area (Å²) in [6, 6.07) is 4.89. The maximum Gasteiger partial charge on any atom is 0.339 e. The number of amidine groups is 1. The van der Waals surface area contributed by atoms with Crippen molar-refractivity contribution in [2.24, 2.45) is 17.9 Å². The Morgan fingerprint density at radius 2 is 2.20 bits per heavy atom. The van der Waals surface area contributed by atoms with Gasteiger partial charge in [-0.05, 0) is 23.9 Å². The number of aromatic nitrogens is 4. The molecule has 0 aliphatic carbocycles. The zero-order valence-electron chi connectivity index (χ0n) is 10.3. The quantitative estimate of drug-likeness (QED) is 0.219. The van der Waals surface area contributed by atoms with Gasteiger partial charge in [-0.1, -0.05) is 11.2 Å². The molecule has 10 heteroatoms. The molecule has 20 heavy (non-hydrogen) atoms. The van der Waals surface area contributed by atoms with Gasteiger partial charge >= 0.3 is 11.1 Å². The van der Waals surface area contributed by atoms with Gasteiger partial charge in [-0.2, -0.15) is 4.98 Å². The van der Waals surface area contributed by atoms with Crippen molar-refractivity contribution in [2.45, 2.75) is 10.2 Å². The summed E-state index contributed by atoms with van der Waals surface area (Å²) in [5, 5.41) is 14.5. The summed E-state index contributed by atoms with van der Waals surface area (Å²) in [5.41, 5.74) is 4.05. The largest absolute Gasteiger partial charge is 0.409 e.